The quantitative estimate of drug-likeness (QED) is 0.763. The van der Waals surface area contributed by atoms with Crippen molar-refractivity contribution in [3.63, 3.8) is 0 Å². The lowest BCUT2D eigenvalue weighted by molar-refractivity contribution is -0.0310. The summed E-state index contributed by atoms with van der Waals surface area (Å²) in [5.74, 6) is 0. The number of hydrogen-bond donors (Lipinski definition) is 2. The van der Waals surface area contributed by atoms with E-state index in [1.54, 1.807) is 0 Å². The molecule has 0 amide bonds. The van der Waals surface area contributed by atoms with Gasteiger partial charge in [0.05, 0.1) is 5.60 Å². The fourth-order valence-electron chi connectivity index (χ4n) is 3.17. The van der Waals surface area contributed by atoms with Crippen LogP contribution in [0.1, 0.15) is 44.9 Å². The SMILES string of the molecule is CN(CC1(O)CCCCC1)C1CCCNC1. The summed E-state index contributed by atoms with van der Waals surface area (Å²) in [6, 6.07) is 0.625. The zero-order chi connectivity index (χ0) is 11.4. The van der Waals surface area contributed by atoms with E-state index in [1.807, 2.05) is 0 Å². The van der Waals surface area contributed by atoms with Crippen LogP contribution in [-0.4, -0.2) is 48.3 Å². The molecule has 0 aromatic heterocycles. The molecule has 94 valence electrons. The van der Waals surface area contributed by atoms with E-state index in [-0.39, 0.29) is 0 Å². The van der Waals surface area contributed by atoms with Gasteiger partial charge in [-0.25, -0.2) is 0 Å². The molecule has 3 nitrogen and oxygen atoms in total. The monoisotopic (exact) mass is 226 g/mol. The second-order valence-electron chi connectivity index (χ2n) is 5.70. The van der Waals surface area contributed by atoms with Crippen molar-refractivity contribution >= 4 is 0 Å². The molecule has 1 aliphatic heterocycles. The van der Waals surface area contributed by atoms with Crippen molar-refractivity contribution in [2.75, 3.05) is 26.7 Å². The molecule has 1 saturated carbocycles. The molecule has 1 heterocycles. The molecule has 1 unspecified atom stereocenters. The Morgan fingerprint density at radius 3 is 2.62 bits per heavy atom. The third-order valence-corrected chi connectivity index (χ3v) is 4.22. The molecule has 16 heavy (non-hydrogen) atoms. The van der Waals surface area contributed by atoms with Gasteiger partial charge in [-0.2, -0.15) is 0 Å². The molecule has 0 radical (unpaired) electrons. The fraction of sp³-hybridized carbons (Fsp3) is 1.00. The van der Waals surface area contributed by atoms with Crippen molar-refractivity contribution in [2.24, 2.45) is 0 Å². The number of aliphatic hydroxyl groups is 1. The molecule has 1 aliphatic carbocycles. The molecule has 0 spiro atoms. The van der Waals surface area contributed by atoms with Crippen LogP contribution in [0.25, 0.3) is 0 Å². The largest absolute Gasteiger partial charge is 0.389 e. The molecule has 0 bridgehead atoms. The van der Waals surface area contributed by atoms with E-state index in [2.05, 4.69) is 17.3 Å². The minimum Gasteiger partial charge on any atom is -0.389 e. The maximum atomic E-state index is 10.5. The van der Waals surface area contributed by atoms with E-state index in [9.17, 15) is 5.11 Å². The highest BCUT2D eigenvalue weighted by molar-refractivity contribution is 4.87. The summed E-state index contributed by atoms with van der Waals surface area (Å²) in [4.78, 5) is 2.37. The van der Waals surface area contributed by atoms with Crippen LogP contribution in [0.4, 0.5) is 0 Å². The molecule has 2 rings (SSSR count). The van der Waals surface area contributed by atoms with Crippen molar-refractivity contribution in [3.05, 3.63) is 0 Å². The van der Waals surface area contributed by atoms with Crippen LogP contribution in [0.15, 0.2) is 0 Å². The van der Waals surface area contributed by atoms with E-state index in [1.165, 1.54) is 32.1 Å². The van der Waals surface area contributed by atoms with Gasteiger partial charge in [-0.15, -0.1) is 0 Å². The van der Waals surface area contributed by atoms with Crippen LogP contribution in [0.2, 0.25) is 0 Å². The van der Waals surface area contributed by atoms with E-state index < -0.39 is 5.60 Å². The van der Waals surface area contributed by atoms with Crippen molar-refractivity contribution < 1.29 is 5.11 Å². The van der Waals surface area contributed by atoms with Gasteiger partial charge in [-0.3, -0.25) is 4.90 Å². The predicted molar refractivity (Wildman–Crippen MR) is 66.6 cm³/mol. The Bertz CT molecular complexity index is 208. The highest BCUT2D eigenvalue weighted by Gasteiger charge is 2.32. The van der Waals surface area contributed by atoms with E-state index in [0.29, 0.717) is 6.04 Å². The highest BCUT2D eigenvalue weighted by Crippen LogP contribution is 2.29. The van der Waals surface area contributed by atoms with Crippen molar-refractivity contribution in [1.29, 1.82) is 0 Å². The lowest BCUT2D eigenvalue weighted by atomic mass is 9.84. The Labute approximate surface area is 99.2 Å². The summed E-state index contributed by atoms with van der Waals surface area (Å²) >= 11 is 0. The first-order valence-electron chi connectivity index (χ1n) is 6.83. The second-order valence-corrected chi connectivity index (χ2v) is 5.70. The molecule has 1 atom stereocenters. The van der Waals surface area contributed by atoms with Crippen molar-refractivity contribution in [2.45, 2.75) is 56.6 Å². The predicted octanol–water partition coefficient (Wildman–Crippen LogP) is 1.37. The van der Waals surface area contributed by atoms with Gasteiger partial charge in [0.15, 0.2) is 0 Å². The Balaban J connectivity index is 1.82. The number of likely N-dealkylation sites (N-methyl/N-ethyl adjacent to an activating group) is 1. The Morgan fingerprint density at radius 2 is 2.00 bits per heavy atom. The average molecular weight is 226 g/mol. The Hall–Kier alpha value is -0.120. The van der Waals surface area contributed by atoms with Gasteiger partial charge in [-0.1, -0.05) is 19.3 Å². The highest BCUT2D eigenvalue weighted by atomic mass is 16.3. The van der Waals surface area contributed by atoms with Gasteiger partial charge in [0.1, 0.15) is 0 Å². The molecule has 2 aliphatic rings. The summed E-state index contributed by atoms with van der Waals surface area (Å²) in [6.45, 7) is 3.11. The summed E-state index contributed by atoms with van der Waals surface area (Å²) < 4.78 is 0. The molecule has 3 heteroatoms. The van der Waals surface area contributed by atoms with Gasteiger partial charge in [0, 0.05) is 19.1 Å². The fourth-order valence-corrected chi connectivity index (χ4v) is 3.17. The van der Waals surface area contributed by atoms with Crippen LogP contribution in [0.3, 0.4) is 0 Å². The van der Waals surface area contributed by atoms with Gasteiger partial charge in [-0.05, 0) is 39.3 Å². The first-order valence-corrected chi connectivity index (χ1v) is 6.83. The Morgan fingerprint density at radius 1 is 1.25 bits per heavy atom. The number of rotatable bonds is 3. The normalized spacial score (nSPS) is 30.6. The smallest absolute Gasteiger partial charge is 0.0774 e. The first-order chi connectivity index (χ1) is 7.70. The van der Waals surface area contributed by atoms with E-state index in [4.69, 9.17) is 0 Å². The number of nitrogens with one attached hydrogen (secondary N) is 1. The minimum atomic E-state index is -0.398. The standard InChI is InChI=1S/C13H26N2O/c1-15(12-6-5-9-14-10-12)11-13(16)7-3-2-4-8-13/h12,14,16H,2-11H2,1H3. The second kappa shape index (κ2) is 5.48. The zero-order valence-corrected chi connectivity index (χ0v) is 10.5. The topological polar surface area (TPSA) is 35.5 Å². The van der Waals surface area contributed by atoms with Crippen LogP contribution in [-0.2, 0) is 0 Å². The lowest BCUT2D eigenvalue weighted by Crippen LogP contribution is -2.51. The minimum absolute atomic E-state index is 0.398. The van der Waals surface area contributed by atoms with E-state index >= 15 is 0 Å². The maximum absolute atomic E-state index is 10.5. The number of piperidine rings is 1. The zero-order valence-electron chi connectivity index (χ0n) is 10.5. The van der Waals surface area contributed by atoms with Gasteiger partial charge < -0.3 is 10.4 Å². The van der Waals surface area contributed by atoms with Crippen LogP contribution < -0.4 is 5.32 Å². The van der Waals surface area contributed by atoms with Gasteiger partial charge in [0.2, 0.25) is 0 Å². The van der Waals surface area contributed by atoms with Crippen molar-refractivity contribution in [3.8, 4) is 0 Å². The summed E-state index contributed by atoms with van der Waals surface area (Å²) in [5, 5.41) is 14.0. The molecule has 1 saturated heterocycles. The number of nitrogens with zero attached hydrogens (tertiary/aromatic N) is 1. The van der Waals surface area contributed by atoms with Gasteiger partial charge >= 0.3 is 0 Å². The van der Waals surface area contributed by atoms with Crippen LogP contribution in [0, 0.1) is 0 Å². The van der Waals surface area contributed by atoms with Gasteiger partial charge in [0.25, 0.3) is 0 Å². The van der Waals surface area contributed by atoms with Crippen LogP contribution >= 0.6 is 0 Å². The number of hydrogen-bond acceptors (Lipinski definition) is 3. The molecule has 2 N–H and O–H groups in total. The molecule has 2 fully saturated rings. The first kappa shape index (κ1) is 12.3. The summed E-state index contributed by atoms with van der Waals surface area (Å²) in [5.41, 5.74) is -0.398. The third kappa shape index (κ3) is 3.19. The summed E-state index contributed by atoms with van der Waals surface area (Å²) in [7, 11) is 2.17. The maximum Gasteiger partial charge on any atom is 0.0774 e. The van der Waals surface area contributed by atoms with Crippen LogP contribution in [0.5, 0.6) is 0 Å². The molecular weight excluding hydrogens is 200 g/mol. The Kier molecular flexibility index (Phi) is 4.22. The lowest BCUT2D eigenvalue weighted by Gasteiger charge is -2.39. The average Bonchev–Trinajstić information content (AvgIpc) is 2.30. The molecule has 0 aromatic carbocycles. The molecule has 0 aromatic rings. The van der Waals surface area contributed by atoms with E-state index in [0.717, 1.165) is 32.5 Å². The molecular formula is C13H26N2O. The van der Waals surface area contributed by atoms with Crippen molar-refractivity contribution in [1.82, 2.24) is 10.2 Å². The third-order valence-electron chi connectivity index (χ3n) is 4.22. The summed E-state index contributed by atoms with van der Waals surface area (Å²) in [6.07, 6.45) is 8.25.